The average Bonchev–Trinajstić information content (AvgIpc) is 3.95. The fourth-order valence-electron chi connectivity index (χ4n) is 8.62. The van der Waals surface area contributed by atoms with Gasteiger partial charge in [0, 0.05) is 63.9 Å². The van der Waals surface area contributed by atoms with Gasteiger partial charge in [0.2, 0.25) is 0 Å². The summed E-state index contributed by atoms with van der Waals surface area (Å²) in [5, 5.41) is 9.82. The molecule has 4 aromatic heterocycles. The van der Waals surface area contributed by atoms with Crippen LogP contribution in [0, 0.1) is 0 Å². The maximum atomic E-state index is 6.26. The van der Waals surface area contributed by atoms with Crippen molar-refractivity contribution >= 4 is 97.1 Å². The summed E-state index contributed by atoms with van der Waals surface area (Å²) >= 11 is 1.86. The van der Waals surface area contributed by atoms with Crippen LogP contribution in [0.1, 0.15) is 0 Å². The Balaban J connectivity index is 1.17. The van der Waals surface area contributed by atoms with Crippen molar-refractivity contribution in [1.29, 1.82) is 0 Å². The van der Waals surface area contributed by atoms with Crippen molar-refractivity contribution < 1.29 is 4.42 Å². The highest BCUT2D eigenvalue weighted by Crippen LogP contribution is 2.43. The zero-order valence-electron chi connectivity index (χ0n) is 27.9. The molecule has 242 valence electrons. The topological polar surface area (TPSA) is 23.0 Å². The molecule has 0 aliphatic heterocycles. The summed E-state index contributed by atoms with van der Waals surface area (Å²) in [6.07, 6.45) is 0. The van der Waals surface area contributed by atoms with Crippen molar-refractivity contribution in [2.45, 2.75) is 0 Å². The smallest absolute Gasteiger partial charge is 0.135 e. The number of aromatic nitrogens is 2. The number of thiophene rings is 1. The SMILES string of the molecule is c1cc(-c2ccc3sc4ccccc4c3c2)cc(-n2c3ccccc3c3ccc4c5ccccc5n(-c5ccc6oc7ccccc7c6c5)c4c32)c1. The molecule has 52 heavy (non-hydrogen) atoms. The van der Waals surface area contributed by atoms with E-state index in [4.69, 9.17) is 4.42 Å². The van der Waals surface area contributed by atoms with Gasteiger partial charge in [-0.05, 0) is 77.9 Å². The molecule has 0 radical (unpaired) electrons. The normalized spacial score (nSPS) is 12.2. The van der Waals surface area contributed by atoms with E-state index in [2.05, 4.69) is 167 Å². The molecule has 3 nitrogen and oxygen atoms in total. The quantitative estimate of drug-likeness (QED) is 0.182. The molecule has 0 spiro atoms. The molecule has 0 fully saturated rings. The van der Waals surface area contributed by atoms with E-state index >= 15 is 0 Å². The number of fused-ring (bicyclic) bond motifs is 13. The molecular formula is C48H28N2OS. The molecule has 0 aliphatic carbocycles. The second kappa shape index (κ2) is 10.5. The van der Waals surface area contributed by atoms with Gasteiger partial charge in [-0.1, -0.05) is 103 Å². The van der Waals surface area contributed by atoms with Gasteiger partial charge in [0.25, 0.3) is 0 Å². The van der Waals surface area contributed by atoms with Crippen molar-refractivity contribution in [2.75, 3.05) is 0 Å². The van der Waals surface area contributed by atoms with Crippen molar-refractivity contribution in [1.82, 2.24) is 9.13 Å². The maximum absolute atomic E-state index is 6.26. The number of para-hydroxylation sites is 3. The molecule has 0 atom stereocenters. The van der Waals surface area contributed by atoms with E-state index in [1.165, 1.54) is 74.9 Å². The summed E-state index contributed by atoms with van der Waals surface area (Å²) in [5.74, 6) is 0. The maximum Gasteiger partial charge on any atom is 0.135 e. The number of furan rings is 1. The second-order valence-electron chi connectivity index (χ2n) is 13.7. The van der Waals surface area contributed by atoms with E-state index in [1.807, 2.05) is 23.5 Å². The van der Waals surface area contributed by atoms with Gasteiger partial charge in [0.15, 0.2) is 0 Å². The first-order valence-electron chi connectivity index (χ1n) is 17.7. The largest absolute Gasteiger partial charge is 0.456 e. The lowest BCUT2D eigenvalue weighted by Gasteiger charge is -2.14. The van der Waals surface area contributed by atoms with Crippen LogP contribution in [0.3, 0.4) is 0 Å². The Hall–Kier alpha value is -6.62. The Labute approximate surface area is 301 Å². The minimum absolute atomic E-state index is 0.899. The Kier molecular flexibility index (Phi) is 5.65. The van der Waals surface area contributed by atoms with E-state index in [-0.39, 0.29) is 0 Å². The second-order valence-corrected chi connectivity index (χ2v) is 14.8. The van der Waals surface area contributed by atoms with Crippen LogP contribution in [-0.4, -0.2) is 9.13 Å². The first-order chi connectivity index (χ1) is 25.8. The summed E-state index contributed by atoms with van der Waals surface area (Å²) in [6, 6.07) is 61.9. The predicted octanol–water partition coefficient (Wildman–Crippen LogP) is 13.8. The van der Waals surface area contributed by atoms with Gasteiger partial charge in [-0.3, -0.25) is 0 Å². The van der Waals surface area contributed by atoms with Gasteiger partial charge in [-0.15, -0.1) is 11.3 Å². The lowest BCUT2D eigenvalue weighted by Crippen LogP contribution is -1.99. The average molecular weight is 681 g/mol. The van der Waals surface area contributed by atoms with Crippen LogP contribution in [0.2, 0.25) is 0 Å². The first kappa shape index (κ1) is 28.1. The molecule has 12 aromatic rings. The minimum atomic E-state index is 0.899. The van der Waals surface area contributed by atoms with Crippen LogP contribution in [0.15, 0.2) is 174 Å². The Morgan fingerprint density at radius 1 is 0.346 bits per heavy atom. The Morgan fingerprint density at radius 2 is 0.942 bits per heavy atom. The molecule has 0 N–H and O–H groups in total. The van der Waals surface area contributed by atoms with Gasteiger partial charge >= 0.3 is 0 Å². The molecule has 0 saturated carbocycles. The first-order valence-corrected chi connectivity index (χ1v) is 18.5. The van der Waals surface area contributed by atoms with E-state index in [0.717, 1.165) is 33.3 Å². The molecular weight excluding hydrogens is 653 g/mol. The number of rotatable bonds is 3. The minimum Gasteiger partial charge on any atom is -0.456 e. The highest BCUT2D eigenvalue weighted by Gasteiger charge is 2.22. The summed E-state index contributed by atoms with van der Waals surface area (Å²) in [7, 11) is 0. The summed E-state index contributed by atoms with van der Waals surface area (Å²) < 4.78 is 13.9. The third kappa shape index (κ3) is 3.84. The van der Waals surface area contributed by atoms with E-state index in [0.29, 0.717) is 0 Å². The van der Waals surface area contributed by atoms with Crippen LogP contribution in [-0.2, 0) is 0 Å². The highest BCUT2D eigenvalue weighted by atomic mass is 32.1. The fourth-order valence-corrected chi connectivity index (χ4v) is 9.71. The molecule has 8 aromatic carbocycles. The molecule has 12 rings (SSSR count). The third-order valence-electron chi connectivity index (χ3n) is 10.9. The van der Waals surface area contributed by atoms with E-state index in [1.54, 1.807) is 0 Å². The highest BCUT2D eigenvalue weighted by molar-refractivity contribution is 7.25. The number of benzene rings is 8. The van der Waals surface area contributed by atoms with Crippen LogP contribution >= 0.6 is 11.3 Å². The van der Waals surface area contributed by atoms with Gasteiger partial charge in [-0.25, -0.2) is 0 Å². The van der Waals surface area contributed by atoms with Crippen LogP contribution in [0.25, 0.3) is 108 Å². The lowest BCUT2D eigenvalue weighted by atomic mass is 10.0. The Bertz CT molecular complexity index is 3430. The van der Waals surface area contributed by atoms with Gasteiger partial charge in [0.05, 0.1) is 22.1 Å². The molecule has 0 unspecified atom stereocenters. The number of hydrogen-bond acceptors (Lipinski definition) is 2. The fraction of sp³-hybridized carbons (Fsp3) is 0. The van der Waals surface area contributed by atoms with Gasteiger partial charge in [-0.2, -0.15) is 0 Å². The summed E-state index contributed by atoms with van der Waals surface area (Å²) in [4.78, 5) is 0. The van der Waals surface area contributed by atoms with E-state index < -0.39 is 0 Å². The summed E-state index contributed by atoms with van der Waals surface area (Å²) in [6.45, 7) is 0. The Morgan fingerprint density at radius 3 is 1.71 bits per heavy atom. The van der Waals surface area contributed by atoms with Crippen LogP contribution in [0.4, 0.5) is 0 Å². The molecule has 0 aliphatic rings. The molecule has 0 saturated heterocycles. The molecule has 4 heterocycles. The molecule has 0 amide bonds. The zero-order chi connectivity index (χ0) is 33.9. The van der Waals surface area contributed by atoms with Crippen molar-refractivity contribution in [2.24, 2.45) is 0 Å². The van der Waals surface area contributed by atoms with Crippen LogP contribution in [0.5, 0.6) is 0 Å². The predicted molar refractivity (Wildman–Crippen MR) is 221 cm³/mol. The standard InChI is InChI=1S/C48H28N2OS/c1-5-16-41-33(12-1)37-22-23-38-34-13-2-6-17-42(34)50(32-21-24-44-39(28-32)35-14-3-7-18-43(35)51-44)48(38)47(37)49(41)31-11-9-10-29(26-31)30-20-25-46-40(27-30)36-15-4-8-19-45(36)52-46/h1-28H. The third-order valence-corrected chi connectivity index (χ3v) is 12.1. The van der Waals surface area contributed by atoms with Crippen LogP contribution < -0.4 is 0 Å². The lowest BCUT2D eigenvalue weighted by molar-refractivity contribution is 0.669. The zero-order valence-corrected chi connectivity index (χ0v) is 28.7. The van der Waals surface area contributed by atoms with Crippen molar-refractivity contribution in [3.63, 3.8) is 0 Å². The number of hydrogen-bond donors (Lipinski definition) is 0. The van der Waals surface area contributed by atoms with Gasteiger partial charge < -0.3 is 13.6 Å². The van der Waals surface area contributed by atoms with Crippen molar-refractivity contribution in [3.8, 4) is 22.5 Å². The van der Waals surface area contributed by atoms with Gasteiger partial charge in [0.1, 0.15) is 11.2 Å². The van der Waals surface area contributed by atoms with Crippen molar-refractivity contribution in [3.05, 3.63) is 170 Å². The molecule has 0 bridgehead atoms. The number of nitrogens with zero attached hydrogens (tertiary/aromatic N) is 2. The monoisotopic (exact) mass is 680 g/mol. The summed E-state index contributed by atoms with van der Waals surface area (Å²) in [5.41, 5.74) is 11.2. The molecule has 4 heteroatoms. The van der Waals surface area contributed by atoms with E-state index in [9.17, 15) is 0 Å².